The Balaban J connectivity index is 2.41. The van der Waals surface area contributed by atoms with Crippen LogP contribution < -0.4 is 0 Å². The summed E-state index contributed by atoms with van der Waals surface area (Å²) in [4.78, 5) is 11.7. The fraction of sp³-hybridized carbons (Fsp3) is 0.842. The van der Waals surface area contributed by atoms with Crippen LogP contribution >= 0.6 is 0 Å². The fourth-order valence-electron chi connectivity index (χ4n) is 4.59. The zero-order valence-corrected chi connectivity index (χ0v) is 14.9. The highest BCUT2D eigenvalue weighted by Crippen LogP contribution is 2.59. The van der Waals surface area contributed by atoms with Crippen molar-refractivity contribution in [2.45, 2.75) is 79.8 Å². The Hall–Kier alpha value is -0.790. The van der Waals surface area contributed by atoms with Crippen molar-refractivity contribution in [3.63, 3.8) is 0 Å². The number of hydrogen-bond acceptors (Lipinski definition) is 2. The van der Waals surface area contributed by atoms with Gasteiger partial charge in [0.15, 0.2) is 0 Å². The van der Waals surface area contributed by atoms with Crippen LogP contribution in [0, 0.1) is 22.7 Å². The maximum absolute atomic E-state index is 11.7. The lowest BCUT2D eigenvalue weighted by Gasteiger charge is -2.58. The van der Waals surface area contributed by atoms with Gasteiger partial charge in [-0.1, -0.05) is 46.3 Å². The fourth-order valence-corrected chi connectivity index (χ4v) is 4.59. The van der Waals surface area contributed by atoms with Crippen LogP contribution in [-0.4, -0.2) is 11.6 Å². The van der Waals surface area contributed by atoms with Crippen LogP contribution in [0.4, 0.5) is 0 Å². The molecule has 0 amide bonds. The van der Waals surface area contributed by atoms with Crippen molar-refractivity contribution in [2.24, 2.45) is 22.7 Å². The lowest BCUT2D eigenvalue weighted by molar-refractivity contribution is -0.216. The van der Waals surface area contributed by atoms with E-state index < -0.39 is 0 Å². The van der Waals surface area contributed by atoms with Gasteiger partial charge in [-0.2, -0.15) is 0 Å². The number of carbonyl (C=O) groups excluding carboxylic acids is 1. The summed E-state index contributed by atoms with van der Waals surface area (Å²) < 4.78 is 5.98. The van der Waals surface area contributed by atoms with E-state index in [0.717, 1.165) is 19.3 Å². The first kappa shape index (κ1) is 16.6. The molecule has 0 bridgehead atoms. The quantitative estimate of drug-likeness (QED) is 0.521. The topological polar surface area (TPSA) is 26.3 Å². The molecule has 2 rings (SSSR count). The van der Waals surface area contributed by atoms with Gasteiger partial charge in [0.05, 0.1) is 0 Å². The molecule has 0 aliphatic heterocycles. The third-order valence-corrected chi connectivity index (χ3v) is 6.06. The SMILES string of the molecule is CC(=O)OC1(C2C=C(C)C(C)CC(C)(C)C2)CCC1(C)C. The summed E-state index contributed by atoms with van der Waals surface area (Å²) in [5.74, 6) is 0.816. The standard InChI is InChI=1S/C19H32O2/c1-13-10-16(12-17(4,5)11-14(13)2)19(21-15(3)20)9-8-18(19,6)7/h10,14,16H,8-9,11-12H2,1-7H3. The number of rotatable bonds is 2. The van der Waals surface area contributed by atoms with Gasteiger partial charge in [0.2, 0.25) is 0 Å². The largest absolute Gasteiger partial charge is 0.458 e. The van der Waals surface area contributed by atoms with E-state index in [1.54, 1.807) is 6.92 Å². The second kappa shape index (κ2) is 5.14. The summed E-state index contributed by atoms with van der Waals surface area (Å²) in [6.07, 6.45) is 6.87. The monoisotopic (exact) mass is 292 g/mol. The average Bonchev–Trinajstić information content (AvgIpc) is 2.41. The Morgan fingerprint density at radius 3 is 2.24 bits per heavy atom. The molecule has 3 unspecified atom stereocenters. The van der Waals surface area contributed by atoms with E-state index in [0.29, 0.717) is 11.8 Å². The summed E-state index contributed by atoms with van der Waals surface area (Å²) in [7, 11) is 0. The minimum Gasteiger partial charge on any atom is -0.458 e. The van der Waals surface area contributed by atoms with Crippen molar-refractivity contribution < 1.29 is 9.53 Å². The minimum absolute atomic E-state index is 0.0732. The third kappa shape index (κ3) is 2.91. The molecular weight excluding hydrogens is 260 g/mol. The van der Waals surface area contributed by atoms with Gasteiger partial charge >= 0.3 is 5.97 Å². The van der Waals surface area contributed by atoms with Crippen LogP contribution in [0.15, 0.2) is 11.6 Å². The molecule has 0 aromatic heterocycles. The van der Waals surface area contributed by atoms with E-state index in [2.05, 4.69) is 47.6 Å². The summed E-state index contributed by atoms with van der Waals surface area (Å²) in [6, 6.07) is 0. The van der Waals surface area contributed by atoms with Gasteiger partial charge in [-0.15, -0.1) is 0 Å². The van der Waals surface area contributed by atoms with Crippen LogP contribution in [0.2, 0.25) is 0 Å². The lowest BCUT2D eigenvalue weighted by Crippen LogP contribution is -2.61. The Bertz CT molecular complexity index is 458. The van der Waals surface area contributed by atoms with E-state index >= 15 is 0 Å². The summed E-state index contributed by atoms with van der Waals surface area (Å²) >= 11 is 0. The van der Waals surface area contributed by atoms with Crippen molar-refractivity contribution in [3.8, 4) is 0 Å². The molecule has 0 heterocycles. The first-order chi connectivity index (χ1) is 9.49. The van der Waals surface area contributed by atoms with Crippen molar-refractivity contribution in [2.75, 3.05) is 0 Å². The molecule has 2 heteroatoms. The predicted molar refractivity (Wildman–Crippen MR) is 86.9 cm³/mol. The lowest BCUT2D eigenvalue weighted by atomic mass is 9.52. The zero-order valence-electron chi connectivity index (χ0n) is 14.9. The molecule has 2 aliphatic carbocycles. The molecule has 1 fully saturated rings. The van der Waals surface area contributed by atoms with Crippen LogP contribution in [0.5, 0.6) is 0 Å². The molecular formula is C19H32O2. The van der Waals surface area contributed by atoms with E-state index in [9.17, 15) is 4.79 Å². The number of esters is 1. The molecule has 21 heavy (non-hydrogen) atoms. The van der Waals surface area contributed by atoms with Gasteiger partial charge in [0.1, 0.15) is 5.60 Å². The molecule has 0 aromatic rings. The van der Waals surface area contributed by atoms with Crippen molar-refractivity contribution in [1.82, 2.24) is 0 Å². The molecule has 0 spiro atoms. The Labute approximate surface area is 130 Å². The highest BCUT2D eigenvalue weighted by molar-refractivity contribution is 5.67. The van der Waals surface area contributed by atoms with Gasteiger partial charge in [0.25, 0.3) is 0 Å². The highest BCUT2D eigenvalue weighted by atomic mass is 16.6. The smallest absolute Gasteiger partial charge is 0.303 e. The van der Waals surface area contributed by atoms with Gasteiger partial charge in [0, 0.05) is 18.3 Å². The Morgan fingerprint density at radius 1 is 1.19 bits per heavy atom. The number of carbonyl (C=O) groups is 1. The maximum Gasteiger partial charge on any atom is 0.303 e. The van der Waals surface area contributed by atoms with Gasteiger partial charge in [-0.25, -0.2) is 0 Å². The first-order valence-electron chi connectivity index (χ1n) is 8.37. The van der Waals surface area contributed by atoms with Crippen LogP contribution in [0.1, 0.15) is 74.1 Å². The molecule has 0 saturated heterocycles. The number of hydrogen-bond donors (Lipinski definition) is 0. The average molecular weight is 292 g/mol. The van der Waals surface area contributed by atoms with E-state index in [1.807, 2.05) is 0 Å². The first-order valence-corrected chi connectivity index (χ1v) is 8.37. The van der Waals surface area contributed by atoms with Crippen LogP contribution in [-0.2, 0) is 9.53 Å². The number of ether oxygens (including phenoxy) is 1. The van der Waals surface area contributed by atoms with E-state index in [4.69, 9.17) is 4.74 Å². The molecule has 3 atom stereocenters. The molecule has 120 valence electrons. The zero-order chi connectivity index (χ0) is 16.1. The molecule has 2 nitrogen and oxygen atoms in total. The molecule has 1 saturated carbocycles. The molecule has 0 N–H and O–H groups in total. The highest BCUT2D eigenvalue weighted by Gasteiger charge is 2.60. The molecule has 2 aliphatic rings. The van der Waals surface area contributed by atoms with Gasteiger partial charge < -0.3 is 4.74 Å². The number of allylic oxidation sites excluding steroid dienone is 1. The van der Waals surface area contributed by atoms with Crippen molar-refractivity contribution in [1.29, 1.82) is 0 Å². The Kier molecular flexibility index (Phi) is 4.06. The summed E-state index contributed by atoms with van der Waals surface area (Å²) in [6.45, 7) is 15.3. The van der Waals surface area contributed by atoms with Gasteiger partial charge in [-0.05, 0) is 43.9 Å². The maximum atomic E-state index is 11.7. The molecule has 0 radical (unpaired) electrons. The second-order valence-electron chi connectivity index (χ2n) is 8.86. The van der Waals surface area contributed by atoms with Crippen molar-refractivity contribution in [3.05, 3.63) is 11.6 Å². The predicted octanol–water partition coefficient (Wildman–Crippen LogP) is 5.13. The second-order valence-corrected chi connectivity index (χ2v) is 8.86. The minimum atomic E-state index is -0.304. The van der Waals surface area contributed by atoms with Crippen molar-refractivity contribution >= 4 is 5.97 Å². The Morgan fingerprint density at radius 2 is 1.81 bits per heavy atom. The van der Waals surface area contributed by atoms with E-state index in [1.165, 1.54) is 12.0 Å². The normalized spacial score (nSPS) is 38.0. The third-order valence-electron chi connectivity index (χ3n) is 6.06. The van der Waals surface area contributed by atoms with E-state index in [-0.39, 0.29) is 22.4 Å². The van der Waals surface area contributed by atoms with Gasteiger partial charge in [-0.3, -0.25) is 4.79 Å². The summed E-state index contributed by atoms with van der Waals surface area (Å²) in [5.41, 5.74) is 1.52. The molecule has 0 aromatic carbocycles. The van der Waals surface area contributed by atoms with Crippen LogP contribution in [0.25, 0.3) is 0 Å². The van der Waals surface area contributed by atoms with Crippen LogP contribution in [0.3, 0.4) is 0 Å². The summed E-state index contributed by atoms with van der Waals surface area (Å²) in [5, 5.41) is 0.